The summed E-state index contributed by atoms with van der Waals surface area (Å²) in [5.74, 6) is 0.939. The lowest BCUT2D eigenvalue weighted by Crippen LogP contribution is -2.57. The van der Waals surface area contributed by atoms with Crippen LogP contribution in [0.4, 0.5) is 5.82 Å². The molecule has 0 spiro atoms. The van der Waals surface area contributed by atoms with Crippen LogP contribution in [0.15, 0.2) is 12.4 Å². The van der Waals surface area contributed by atoms with E-state index in [2.05, 4.69) is 47.9 Å². The first-order valence-electron chi connectivity index (χ1n) is 7.82. The minimum absolute atomic E-state index is 0.171. The van der Waals surface area contributed by atoms with Gasteiger partial charge in [-0.1, -0.05) is 0 Å². The number of anilines is 1. The Kier molecular flexibility index (Phi) is 3.66. The van der Waals surface area contributed by atoms with Gasteiger partial charge in [-0.25, -0.2) is 4.98 Å². The summed E-state index contributed by atoms with van der Waals surface area (Å²) in [7, 11) is 0. The third-order valence-electron chi connectivity index (χ3n) is 3.86. The van der Waals surface area contributed by atoms with E-state index < -0.39 is 0 Å². The van der Waals surface area contributed by atoms with E-state index in [9.17, 15) is 0 Å². The van der Waals surface area contributed by atoms with Crippen molar-refractivity contribution in [3.63, 3.8) is 0 Å². The molecule has 2 heterocycles. The maximum atomic E-state index is 6.11. The van der Waals surface area contributed by atoms with Gasteiger partial charge in [0.05, 0.1) is 29.3 Å². The zero-order chi connectivity index (χ0) is 15.1. The molecule has 21 heavy (non-hydrogen) atoms. The topological polar surface area (TPSA) is 50.3 Å². The number of rotatable bonds is 4. The molecule has 1 aromatic heterocycles. The highest BCUT2D eigenvalue weighted by Crippen LogP contribution is 2.30. The first-order chi connectivity index (χ1) is 9.83. The highest BCUT2D eigenvalue weighted by Gasteiger charge is 2.38. The van der Waals surface area contributed by atoms with Crippen LogP contribution in [0.5, 0.6) is 0 Å². The van der Waals surface area contributed by atoms with Gasteiger partial charge < -0.3 is 15.0 Å². The Labute approximate surface area is 127 Å². The van der Waals surface area contributed by atoms with Gasteiger partial charge in [-0.3, -0.25) is 4.98 Å². The average molecular weight is 290 g/mol. The van der Waals surface area contributed by atoms with Crippen molar-refractivity contribution in [2.45, 2.75) is 64.3 Å². The number of ether oxygens (including phenoxy) is 1. The van der Waals surface area contributed by atoms with Gasteiger partial charge in [0.2, 0.25) is 0 Å². The minimum Gasteiger partial charge on any atom is -0.366 e. The van der Waals surface area contributed by atoms with Crippen molar-refractivity contribution in [1.82, 2.24) is 15.3 Å². The summed E-state index contributed by atoms with van der Waals surface area (Å²) in [6.07, 6.45) is 6.37. The number of hydrogen-bond donors (Lipinski definition) is 1. The van der Waals surface area contributed by atoms with Crippen LogP contribution in [0, 0.1) is 0 Å². The Bertz CT molecular complexity index is 478. The molecular formula is C16H26N4O. The number of morpholine rings is 1. The van der Waals surface area contributed by atoms with Gasteiger partial charge in [-0.15, -0.1) is 0 Å². The first-order valence-corrected chi connectivity index (χ1v) is 7.82. The molecule has 116 valence electrons. The molecule has 1 saturated carbocycles. The number of nitrogens with zero attached hydrogens (tertiary/aromatic N) is 3. The molecule has 2 aliphatic rings. The van der Waals surface area contributed by atoms with Crippen molar-refractivity contribution in [3.05, 3.63) is 18.1 Å². The molecule has 0 amide bonds. The van der Waals surface area contributed by atoms with Crippen molar-refractivity contribution in [2.24, 2.45) is 0 Å². The van der Waals surface area contributed by atoms with E-state index in [1.165, 1.54) is 12.8 Å². The van der Waals surface area contributed by atoms with E-state index in [4.69, 9.17) is 4.74 Å². The summed E-state index contributed by atoms with van der Waals surface area (Å²) in [4.78, 5) is 11.4. The predicted molar refractivity (Wildman–Crippen MR) is 83.3 cm³/mol. The van der Waals surface area contributed by atoms with E-state index in [1.54, 1.807) is 0 Å². The van der Waals surface area contributed by atoms with Gasteiger partial charge in [-0.05, 0) is 40.5 Å². The fourth-order valence-corrected chi connectivity index (χ4v) is 3.09. The van der Waals surface area contributed by atoms with Crippen LogP contribution in [0.25, 0.3) is 0 Å². The Balaban J connectivity index is 1.67. The van der Waals surface area contributed by atoms with Gasteiger partial charge in [0.15, 0.2) is 0 Å². The lowest BCUT2D eigenvalue weighted by atomic mass is 9.99. The second kappa shape index (κ2) is 5.21. The third kappa shape index (κ3) is 3.92. The van der Waals surface area contributed by atoms with Gasteiger partial charge in [0, 0.05) is 25.7 Å². The number of hydrogen-bond acceptors (Lipinski definition) is 5. The second-order valence-corrected chi connectivity index (χ2v) is 7.50. The average Bonchev–Trinajstić information content (AvgIpc) is 3.17. The van der Waals surface area contributed by atoms with E-state index in [0.29, 0.717) is 6.04 Å². The van der Waals surface area contributed by atoms with E-state index in [1.807, 2.05) is 12.4 Å². The monoisotopic (exact) mass is 290 g/mol. The quantitative estimate of drug-likeness (QED) is 0.920. The van der Waals surface area contributed by atoms with Crippen LogP contribution in [-0.4, -0.2) is 40.3 Å². The Morgan fingerprint density at radius 1 is 1.14 bits per heavy atom. The molecule has 1 aliphatic heterocycles. The molecule has 1 aromatic rings. The van der Waals surface area contributed by atoms with Gasteiger partial charge in [-0.2, -0.15) is 0 Å². The molecule has 0 aromatic carbocycles. The lowest BCUT2D eigenvalue weighted by molar-refractivity contribution is -0.133. The van der Waals surface area contributed by atoms with Crippen LogP contribution in [-0.2, 0) is 11.3 Å². The molecule has 0 atom stereocenters. The van der Waals surface area contributed by atoms with Gasteiger partial charge in [0.25, 0.3) is 0 Å². The van der Waals surface area contributed by atoms with Crippen LogP contribution in [0.1, 0.15) is 46.2 Å². The van der Waals surface area contributed by atoms with E-state index >= 15 is 0 Å². The van der Waals surface area contributed by atoms with E-state index in [0.717, 1.165) is 31.1 Å². The number of nitrogens with one attached hydrogen (secondary N) is 1. The molecule has 5 heteroatoms. The Morgan fingerprint density at radius 2 is 1.81 bits per heavy atom. The smallest absolute Gasteiger partial charge is 0.147 e. The largest absolute Gasteiger partial charge is 0.366 e. The van der Waals surface area contributed by atoms with Crippen LogP contribution in [0.2, 0.25) is 0 Å². The van der Waals surface area contributed by atoms with Gasteiger partial charge >= 0.3 is 0 Å². The molecule has 0 unspecified atom stereocenters. The zero-order valence-corrected chi connectivity index (χ0v) is 13.5. The number of aromatic nitrogens is 2. The van der Waals surface area contributed by atoms with Crippen LogP contribution >= 0.6 is 0 Å². The van der Waals surface area contributed by atoms with E-state index in [-0.39, 0.29) is 11.2 Å². The molecule has 2 fully saturated rings. The summed E-state index contributed by atoms with van der Waals surface area (Å²) < 4.78 is 6.11. The van der Waals surface area contributed by atoms with Crippen molar-refractivity contribution >= 4 is 5.82 Å². The fourth-order valence-electron chi connectivity index (χ4n) is 3.09. The van der Waals surface area contributed by atoms with Crippen molar-refractivity contribution < 1.29 is 4.74 Å². The summed E-state index contributed by atoms with van der Waals surface area (Å²) >= 11 is 0. The first kappa shape index (κ1) is 14.7. The molecule has 1 aliphatic carbocycles. The SMILES string of the molecule is CC1(C)CN(c2cnc(CNC3CC3)cn2)CC(C)(C)O1. The Hall–Kier alpha value is -1.20. The second-order valence-electron chi connectivity index (χ2n) is 7.50. The summed E-state index contributed by atoms with van der Waals surface area (Å²) in [5.41, 5.74) is 0.670. The standard InChI is InChI=1S/C16H26N4O/c1-15(2)10-20(11-16(3,4)21-15)14-9-18-13(8-19-14)7-17-12-5-6-12/h8-9,12,17H,5-7,10-11H2,1-4H3. The molecule has 0 bridgehead atoms. The Morgan fingerprint density at radius 3 is 2.33 bits per heavy atom. The molecule has 3 rings (SSSR count). The molecular weight excluding hydrogens is 264 g/mol. The summed E-state index contributed by atoms with van der Waals surface area (Å²) in [6.45, 7) is 11.0. The molecule has 5 nitrogen and oxygen atoms in total. The molecule has 1 saturated heterocycles. The zero-order valence-electron chi connectivity index (χ0n) is 13.5. The normalized spacial score (nSPS) is 24.1. The fraction of sp³-hybridized carbons (Fsp3) is 0.750. The maximum absolute atomic E-state index is 6.11. The summed E-state index contributed by atoms with van der Waals surface area (Å²) in [6, 6.07) is 0.701. The molecule has 0 radical (unpaired) electrons. The lowest BCUT2D eigenvalue weighted by Gasteiger charge is -2.47. The van der Waals surface area contributed by atoms with Gasteiger partial charge in [0.1, 0.15) is 5.82 Å². The highest BCUT2D eigenvalue weighted by molar-refractivity contribution is 5.38. The van der Waals surface area contributed by atoms with Crippen molar-refractivity contribution in [1.29, 1.82) is 0 Å². The summed E-state index contributed by atoms with van der Waals surface area (Å²) in [5, 5.41) is 3.46. The highest BCUT2D eigenvalue weighted by atomic mass is 16.5. The minimum atomic E-state index is -0.171. The predicted octanol–water partition coefficient (Wildman–Crippen LogP) is 2.12. The molecule has 1 N–H and O–H groups in total. The maximum Gasteiger partial charge on any atom is 0.147 e. The van der Waals surface area contributed by atoms with Crippen LogP contribution in [0.3, 0.4) is 0 Å². The van der Waals surface area contributed by atoms with Crippen molar-refractivity contribution in [3.8, 4) is 0 Å². The van der Waals surface area contributed by atoms with Crippen LogP contribution < -0.4 is 10.2 Å². The third-order valence-corrected chi connectivity index (χ3v) is 3.86. The van der Waals surface area contributed by atoms with Crippen molar-refractivity contribution in [2.75, 3.05) is 18.0 Å².